The zero-order valence-corrected chi connectivity index (χ0v) is 16.7. The molecule has 0 spiro atoms. The highest BCUT2D eigenvalue weighted by molar-refractivity contribution is 5.54. The van der Waals surface area contributed by atoms with E-state index in [1.165, 1.54) is 12.0 Å². The third kappa shape index (κ3) is 6.11. The van der Waals surface area contributed by atoms with Crippen molar-refractivity contribution in [2.45, 2.75) is 71.4 Å². The van der Waals surface area contributed by atoms with E-state index in [0.29, 0.717) is 6.42 Å². The SMILES string of the molecule is CCC.COc1cc(CCCCC(F)C2CCNC2)nc2c1CCCN2. The third-order valence-corrected chi connectivity index (χ3v) is 5.03. The molecule has 2 aliphatic rings. The third-order valence-electron chi connectivity index (χ3n) is 5.03. The number of ether oxygens (including phenoxy) is 1. The number of aromatic nitrogens is 1. The lowest BCUT2D eigenvalue weighted by atomic mass is 9.97. The number of rotatable bonds is 7. The van der Waals surface area contributed by atoms with Crippen LogP contribution < -0.4 is 15.4 Å². The van der Waals surface area contributed by atoms with Crippen molar-refractivity contribution in [3.8, 4) is 5.75 Å². The molecule has 5 heteroatoms. The van der Waals surface area contributed by atoms with Gasteiger partial charge in [0.05, 0.1) is 7.11 Å². The molecule has 148 valence electrons. The van der Waals surface area contributed by atoms with Gasteiger partial charge in [-0.25, -0.2) is 9.37 Å². The topological polar surface area (TPSA) is 46.2 Å². The first-order valence-corrected chi connectivity index (χ1v) is 10.3. The lowest BCUT2D eigenvalue weighted by Crippen LogP contribution is -2.19. The monoisotopic (exact) mass is 365 g/mol. The van der Waals surface area contributed by atoms with E-state index < -0.39 is 6.17 Å². The number of alkyl halides is 1. The second-order valence-corrected chi connectivity index (χ2v) is 7.40. The molecule has 0 bridgehead atoms. The number of unbranched alkanes of at least 4 members (excludes halogenated alkanes) is 1. The van der Waals surface area contributed by atoms with Gasteiger partial charge in [-0.1, -0.05) is 26.7 Å². The molecule has 1 aromatic heterocycles. The van der Waals surface area contributed by atoms with Crippen LogP contribution >= 0.6 is 0 Å². The summed E-state index contributed by atoms with van der Waals surface area (Å²) in [5, 5.41) is 6.61. The number of nitrogens with one attached hydrogen (secondary N) is 2. The molecule has 2 N–H and O–H groups in total. The van der Waals surface area contributed by atoms with Gasteiger partial charge in [0.25, 0.3) is 0 Å². The van der Waals surface area contributed by atoms with E-state index in [0.717, 1.165) is 75.4 Å². The maximum Gasteiger partial charge on any atom is 0.133 e. The molecule has 2 aliphatic heterocycles. The highest BCUT2D eigenvalue weighted by Crippen LogP contribution is 2.30. The summed E-state index contributed by atoms with van der Waals surface area (Å²) in [5.74, 6) is 2.14. The number of hydrogen-bond donors (Lipinski definition) is 2. The Hall–Kier alpha value is -1.36. The first-order valence-electron chi connectivity index (χ1n) is 10.3. The minimum atomic E-state index is -0.655. The highest BCUT2D eigenvalue weighted by Gasteiger charge is 2.24. The quantitative estimate of drug-likeness (QED) is 0.697. The average Bonchev–Trinajstić information content (AvgIpc) is 3.20. The minimum absolute atomic E-state index is 0.223. The molecule has 0 saturated carbocycles. The van der Waals surface area contributed by atoms with Crippen LogP contribution in [0.1, 0.15) is 63.6 Å². The van der Waals surface area contributed by atoms with Gasteiger partial charge in [0, 0.05) is 36.3 Å². The Morgan fingerprint density at radius 3 is 2.81 bits per heavy atom. The molecule has 1 aromatic rings. The summed E-state index contributed by atoms with van der Waals surface area (Å²) >= 11 is 0. The second-order valence-electron chi connectivity index (χ2n) is 7.40. The Balaban J connectivity index is 0.000000758. The number of anilines is 1. The molecule has 0 aliphatic carbocycles. The van der Waals surface area contributed by atoms with Gasteiger partial charge < -0.3 is 15.4 Å². The fourth-order valence-electron chi connectivity index (χ4n) is 3.64. The Morgan fingerprint density at radius 1 is 1.31 bits per heavy atom. The number of pyridine rings is 1. The normalized spacial score (nSPS) is 19.8. The van der Waals surface area contributed by atoms with Crippen molar-refractivity contribution in [3.63, 3.8) is 0 Å². The number of halogens is 1. The summed E-state index contributed by atoms with van der Waals surface area (Å²) in [6.45, 7) is 7.04. The molecule has 0 aromatic carbocycles. The van der Waals surface area contributed by atoms with E-state index in [1.54, 1.807) is 7.11 Å². The molecule has 4 nitrogen and oxygen atoms in total. The van der Waals surface area contributed by atoms with Crippen molar-refractivity contribution < 1.29 is 9.13 Å². The van der Waals surface area contributed by atoms with Gasteiger partial charge in [0.15, 0.2) is 0 Å². The van der Waals surface area contributed by atoms with Crippen LogP contribution in [-0.4, -0.2) is 37.9 Å². The Morgan fingerprint density at radius 2 is 2.12 bits per heavy atom. The molecule has 0 amide bonds. The number of nitrogens with zero attached hydrogens (tertiary/aromatic N) is 1. The van der Waals surface area contributed by atoms with Crippen LogP contribution in [0.2, 0.25) is 0 Å². The van der Waals surface area contributed by atoms with Gasteiger partial charge in [-0.05, 0) is 45.1 Å². The molecular formula is C21H36FN3O. The average molecular weight is 366 g/mol. The van der Waals surface area contributed by atoms with Crippen LogP contribution in [0.25, 0.3) is 0 Å². The zero-order chi connectivity index (χ0) is 18.8. The van der Waals surface area contributed by atoms with Crippen LogP contribution in [0.5, 0.6) is 5.75 Å². The van der Waals surface area contributed by atoms with E-state index in [4.69, 9.17) is 9.72 Å². The van der Waals surface area contributed by atoms with Gasteiger partial charge >= 0.3 is 0 Å². The summed E-state index contributed by atoms with van der Waals surface area (Å²) in [7, 11) is 1.72. The lowest BCUT2D eigenvalue weighted by Gasteiger charge is -2.20. The molecule has 3 heterocycles. The van der Waals surface area contributed by atoms with E-state index in [1.807, 2.05) is 0 Å². The molecule has 2 unspecified atom stereocenters. The molecule has 0 radical (unpaired) electrons. The van der Waals surface area contributed by atoms with E-state index >= 15 is 0 Å². The summed E-state index contributed by atoms with van der Waals surface area (Å²) in [6.07, 6.45) is 7.19. The first kappa shape index (κ1) is 20.9. The summed E-state index contributed by atoms with van der Waals surface area (Å²) in [5.41, 5.74) is 2.24. The Bertz CT molecular complexity index is 515. The van der Waals surface area contributed by atoms with E-state index in [2.05, 4.69) is 30.5 Å². The second kappa shape index (κ2) is 11.4. The van der Waals surface area contributed by atoms with Crippen LogP contribution in [-0.2, 0) is 12.8 Å². The van der Waals surface area contributed by atoms with Crippen molar-refractivity contribution in [2.24, 2.45) is 5.92 Å². The number of hydrogen-bond acceptors (Lipinski definition) is 4. The Kier molecular flexibility index (Phi) is 9.16. The van der Waals surface area contributed by atoms with E-state index in [-0.39, 0.29) is 5.92 Å². The predicted molar refractivity (Wildman–Crippen MR) is 107 cm³/mol. The standard InChI is InChI=1S/C18H28FN3O.C3H8/c1-23-17-11-14(22-18-15(17)6-4-9-21-18)5-2-3-7-16(19)13-8-10-20-12-13;1-3-2/h11,13,16,20H,2-10,12H2,1H3,(H,21,22);3H2,1-2H3. The highest BCUT2D eigenvalue weighted by atomic mass is 19.1. The van der Waals surface area contributed by atoms with Crippen molar-refractivity contribution in [2.75, 3.05) is 32.1 Å². The fraction of sp³-hybridized carbons (Fsp3) is 0.762. The Labute approximate surface area is 158 Å². The van der Waals surface area contributed by atoms with Gasteiger partial charge in [-0.3, -0.25) is 0 Å². The van der Waals surface area contributed by atoms with Crippen molar-refractivity contribution >= 4 is 5.82 Å². The van der Waals surface area contributed by atoms with E-state index in [9.17, 15) is 4.39 Å². The smallest absolute Gasteiger partial charge is 0.133 e. The minimum Gasteiger partial charge on any atom is -0.496 e. The van der Waals surface area contributed by atoms with Crippen molar-refractivity contribution in [1.82, 2.24) is 10.3 Å². The summed E-state index contributed by atoms with van der Waals surface area (Å²) in [4.78, 5) is 4.72. The molecular weight excluding hydrogens is 329 g/mol. The number of methoxy groups -OCH3 is 1. The molecule has 26 heavy (non-hydrogen) atoms. The summed E-state index contributed by atoms with van der Waals surface area (Å²) < 4.78 is 19.6. The van der Waals surface area contributed by atoms with Crippen LogP contribution in [0.3, 0.4) is 0 Å². The maximum atomic E-state index is 14.1. The number of aryl methyl sites for hydroxylation is 1. The zero-order valence-electron chi connectivity index (χ0n) is 16.7. The van der Waals surface area contributed by atoms with Crippen molar-refractivity contribution in [3.05, 3.63) is 17.3 Å². The van der Waals surface area contributed by atoms with Gasteiger partial charge in [0.2, 0.25) is 0 Å². The van der Waals surface area contributed by atoms with Gasteiger partial charge in [-0.15, -0.1) is 0 Å². The molecule has 1 fully saturated rings. The fourth-order valence-corrected chi connectivity index (χ4v) is 3.64. The first-order chi connectivity index (χ1) is 12.7. The predicted octanol–water partition coefficient (Wildman–Crippen LogP) is 4.53. The number of fused-ring (bicyclic) bond motifs is 1. The maximum absolute atomic E-state index is 14.1. The van der Waals surface area contributed by atoms with Crippen molar-refractivity contribution in [1.29, 1.82) is 0 Å². The molecule has 3 rings (SSSR count). The largest absolute Gasteiger partial charge is 0.496 e. The molecule has 2 atom stereocenters. The van der Waals surface area contributed by atoms with Crippen LogP contribution in [0.15, 0.2) is 6.07 Å². The van der Waals surface area contributed by atoms with Gasteiger partial charge in [0.1, 0.15) is 17.7 Å². The van der Waals surface area contributed by atoms with Crippen LogP contribution in [0, 0.1) is 5.92 Å². The van der Waals surface area contributed by atoms with Crippen LogP contribution in [0.4, 0.5) is 10.2 Å². The van der Waals surface area contributed by atoms with Gasteiger partial charge in [-0.2, -0.15) is 0 Å². The lowest BCUT2D eigenvalue weighted by molar-refractivity contribution is 0.221. The summed E-state index contributed by atoms with van der Waals surface area (Å²) in [6, 6.07) is 2.06. The molecule has 1 saturated heterocycles.